The van der Waals surface area contributed by atoms with Crippen molar-refractivity contribution in [3.05, 3.63) is 141 Å². The second-order valence-corrected chi connectivity index (χ2v) is 14.7. The zero-order valence-electron chi connectivity index (χ0n) is 31.8. The van der Waals surface area contributed by atoms with Gasteiger partial charge in [-0.05, 0) is 34.9 Å². The van der Waals surface area contributed by atoms with E-state index in [1.807, 2.05) is 77.8 Å². The Morgan fingerprint density at radius 1 is 0.667 bits per heavy atom. The van der Waals surface area contributed by atoms with E-state index in [1.165, 1.54) is 0 Å². The topological polar surface area (TPSA) is 268 Å². The van der Waals surface area contributed by atoms with Gasteiger partial charge < -0.3 is 51.1 Å². The van der Waals surface area contributed by atoms with Crippen LogP contribution in [0.15, 0.2) is 107 Å². The van der Waals surface area contributed by atoms with E-state index >= 15 is 0 Å². The number of aromatic nitrogens is 5. The predicted molar refractivity (Wildman–Crippen MR) is 216 cm³/mol. The number of hydrogen-bond donors (Lipinski definition) is 7. The minimum Gasteiger partial charge on any atom is -0.462 e. The summed E-state index contributed by atoms with van der Waals surface area (Å²) in [5, 5.41) is 2.51. The lowest BCUT2D eigenvalue weighted by atomic mass is 10.0. The normalized spacial score (nSPS) is 19.3. The summed E-state index contributed by atoms with van der Waals surface area (Å²) < 4.78 is 39.0. The first-order valence-electron chi connectivity index (χ1n) is 19.1. The molecule has 0 spiro atoms. The summed E-state index contributed by atoms with van der Waals surface area (Å²) in [7, 11) is 0. The lowest BCUT2D eigenvalue weighted by Gasteiger charge is -2.27. The van der Waals surface area contributed by atoms with Gasteiger partial charge in [0.25, 0.3) is 5.56 Å². The van der Waals surface area contributed by atoms with Crippen LogP contribution in [0.1, 0.15) is 22.9 Å². The van der Waals surface area contributed by atoms with Crippen LogP contribution in [-0.4, -0.2) is 85.5 Å². The number of para-hydroxylation sites is 3. The highest BCUT2D eigenvalue weighted by Crippen LogP contribution is 2.35. The number of hydrogen-bond acceptors (Lipinski definition) is 12. The molecule has 17 nitrogen and oxygen atoms in total. The molecule has 10 N–H and O–H groups in total. The van der Waals surface area contributed by atoms with Gasteiger partial charge in [0.1, 0.15) is 30.8 Å². The van der Waals surface area contributed by atoms with Gasteiger partial charge in [-0.25, -0.2) is 4.79 Å². The van der Waals surface area contributed by atoms with Gasteiger partial charge in [-0.2, -0.15) is 4.39 Å². The standard InChI is InChI=1S/C42H41FN8O9/c43-27-19-51(42(56)50-37(27)52)38-36(60-41(55)30(46)15-23-18-49-33-12-6-3-9-26(23)33)35(59-40(54)29(45)14-22-17-48-32-11-5-2-8-25(22)32)34(58-38)20-57-39(53)28(44)13-21-16-47-31-10-4-1-7-24(21)31/h1-12,16-19,28-30,34-36,38,47-49H,13-15,20,44-46H2,(H,50,52,56)/t28-,29-,30-,34+,35+,36+,38+/m0/s1. The SMILES string of the molecule is N[C@@H](Cc1c[nH]c2ccccc12)C(=O)OC[C@H]1O[C@@H](n2cc(F)c(=O)[nH]c2=O)[C@H](OC(=O)[C@@H](N)Cc2c[nH]c3ccccc23)[C@@H]1OC(=O)[C@@H](N)Cc1c[nH]c2ccccc12. The number of carbonyl (C=O) groups excluding carboxylic acids is 3. The number of H-pyrrole nitrogens is 4. The van der Waals surface area contributed by atoms with Gasteiger partial charge in [-0.1, -0.05) is 54.6 Å². The zero-order chi connectivity index (χ0) is 42.1. The largest absolute Gasteiger partial charge is 0.462 e. The Balaban J connectivity index is 1.08. The number of aromatic amines is 4. The molecule has 0 amide bonds. The molecule has 0 radical (unpaired) electrons. The molecule has 18 heteroatoms. The third-order valence-electron chi connectivity index (χ3n) is 10.6. The fourth-order valence-electron chi connectivity index (χ4n) is 7.56. The van der Waals surface area contributed by atoms with Crippen LogP contribution >= 0.6 is 0 Å². The molecule has 60 heavy (non-hydrogen) atoms. The number of carbonyl (C=O) groups is 3. The minimum absolute atomic E-state index is 0.00360. The second-order valence-electron chi connectivity index (χ2n) is 14.7. The molecular formula is C42H41FN8O9. The Kier molecular flexibility index (Phi) is 11.2. The summed E-state index contributed by atoms with van der Waals surface area (Å²) in [6.07, 6.45) is -0.697. The van der Waals surface area contributed by atoms with E-state index < -0.39 is 84.2 Å². The summed E-state index contributed by atoms with van der Waals surface area (Å²) in [6, 6.07) is 18.5. The molecular weight excluding hydrogens is 780 g/mol. The van der Waals surface area contributed by atoms with E-state index in [0.29, 0.717) is 21.9 Å². The van der Waals surface area contributed by atoms with Crippen molar-refractivity contribution < 1.29 is 37.7 Å². The average molecular weight is 821 g/mol. The smallest absolute Gasteiger partial charge is 0.330 e. The fourth-order valence-corrected chi connectivity index (χ4v) is 7.56. The number of halogens is 1. The predicted octanol–water partition coefficient (Wildman–Crippen LogP) is 2.09. The van der Waals surface area contributed by atoms with E-state index in [2.05, 4.69) is 15.0 Å². The Morgan fingerprint density at radius 3 is 1.58 bits per heavy atom. The number of nitrogens with zero attached hydrogens (tertiary/aromatic N) is 1. The van der Waals surface area contributed by atoms with Gasteiger partial charge in [-0.15, -0.1) is 0 Å². The molecule has 0 bridgehead atoms. The van der Waals surface area contributed by atoms with Crippen LogP contribution in [0.2, 0.25) is 0 Å². The third kappa shape index (κ3) is 8.08. The van der Waals surface area contributed by atoms with Crippen molar-refractivity contribution in [3.63, 3.8) is 0 Å². The molecule has 1 fully saturated rings. The molecule has 1 aliphatic rings. The highest BCUT2D eigenvalue weighted by Gasteiger charge is 2.52. The molecule has 310 valence electrons. The van der Waals surface area contributed by atoms with Gasteiger partial charge in [0.15, 0.2) is 18.4 Å². The van der Waals surface area contributed by atoms with Crippen LogP contribution in [0, 0.1) is 5.82 Å². The van der Waals surface area contributed by atoms with Gasteiger partial charge >= 0.3 is 23.6 Å². The molecule has 0 unspecified atom stereocenters. The lowest BCUT2D eigenvalue weighted by molar-refractivity contribution is -0.171. The number of fused-ring (bicyclic) bond motifs is 3. The quantitative estimate of drug-likeness (QED) is 0.0614. The Labute approximate surface area is 338 Å². The highest BCUT2D eigenvalue weighted by atomic mass is 19.1. The maximum Gasteiger partial charge on any atom is 0.330 e. The van der Waals surface area contributed by atoms with E-state index in [4.69, 9.17) is 36.1 Å². The number of nitrogens with two attached hydrogens (primary N) is 3. The van der Waals surface area contributed by atoms with E-state index in [9.17, 15) is 28.4 Å². The second kappa shape index (κ2) is 16.8. The van der Waals surface area contributed by atoms with Crippen LogP contribution in [0.4, 0.5) is 4.39 Å². The van der Waals surface area contributed by atoms with Crippen molar-refractivity contribution in [2.45, 2.75) is 61.9 Å². The molecule has 3 aromatic carbocycles. The molecule has 0 saturated carbocycles. The maximum absolute atomic E-state index is 14.8. The van der Waals surface area contributed by atoms with E-state index in [0.717, 1.165) is 38.3 Å². The van der Waals surface area contributed by atoms with Crippen molar-refractivity contribution >= 4 is 50.6 Å². The molecule has 1 aliphatic heterocycles. The van der Waals surface area contributed by atoms with Crippen LogP contribution in [0.25, 0.3) is 32.7 Å². The summed E-state index contributed by atoms with van der Waals surface area (Å²) in [6.45, 7) is -0.636. The summed E-state index contributed by atoms with van der Waals surface area (Å²) in [5.74, 6) is -4.19. The van der Waals surface area contributed by atoms with Crippen molar-refractivity contribution in [1.29, 1.82) is 0 Å². The molecule has 7 atom stereocenters. The Morgan fingerprint density at radius 2 is 1.10 bits per heavy atom. The average Bonchev–Trinajstić information content (AvgIpc) is 4.04. The molecule has 7 aromatic rings. The lowest BCUT2D eigenvalue weighted by Crippen LogP contribution is -2.48. The fraction of sp³-hybridized carbons (Fsp3) is 0.262. The first-order chi connectivity index (χ1) is 28.9. The molecule has 0 aliphatic carbocycles. The van der Waals surface area contributed by atoms with E-state index in [1.54, 1.807) is 18.6 Å². The number of benzene rings is 3. The number of esters is 3. The van der Waals surface area contributed by atoms with Crippen molar-refractivity contribution in [1.82, 2.24) is 24.5 Å². The maximum atomic E-state index is 14.8. The highest BCUT2D eigenvalue weighted by molar-refractivity contribution is 5.86. The molecule has 4 aromatic heterocycles. The Hall–Kier alpha value is -6.86. The zero-order valence-corrected chi connectivity index (χ0v) is 31.8. The first kappa shape index (κ1) is 39.9. The van der Waals surface area contributed by atoms with Gasteiger partial charge in [0, 0.05) is 70.6 Å². The van der Waals surface area contributed by atoms with Crippen LogP contribution in [0.5, 0.6) is 0 Å². The van der Waals surface area contributed by atoms with Crippen LogP contribution in [0.3, 0.4) is 0 Å². The van der Waals surface area contributed by atoms with Crippen LogP contribution < -0.4 is 28.5 Å². The van der Waals surface area contributed by atoms with E-state index in [-0.39, 0.29) is 19.3 Å². The Bertz CT molecular complexity index is 2830. The number of nitrogens with one attached hydrogen (secondary N) is 4. The minimum atomic E-state index is -1.74. The van der Waals surface area contributed by atoms with Gasteiger partial charge in [-0.3, -0.25) is 28.7 Å². The first-order valence-corrected chi connectivity index (χ1v) is 19.1. The number of rotatable bonds is 14. The number of ether oxygens (including phenoxy) is 4. The van der Waals surface area contributed by atoms with Gasteiger partial charge in [0.2, 0.25) is 5.82 Å². The molecule has 1 saturated heterocycles. The molecule has 5 heterocycles. The monoisotopic (exact) mass is 820 g/mol. The van der Waals surface area contributed by atoms with Gasteiger partial charge in [0.05, 0.1) is 6.20 Å². The van der Waals surface area contributed by atoms with Crippen molar-refractivity contribution in [2.24, 2.45) is 17.2 Å². The summed E-state index contributed by atoms with van der Waals surface area (Å²) in [4.78, 5) is 77.5. The van der Waals surface area contributed by atoms with Crippen LogP contribution in [-0.2, 0) is 52.6 Å². The van der Waals surface area contributed by atoms with Crippen molar-refractivity contribution in [3.8, 4) is 0 Å². The summed E-state index contributed by atoms with van der Waals surface area (Å²) >= 11 is 0. The molecule has 8 rings (SSSR count). The van der Waals surface area contributed by atoms with Crippen molar-refractivity contribution in [2.75, 3.05) is 6.61 Å². The summed E-state index contributed by atoms with van der Waals surface area (Å²) in [5.41, 5.74) is 21.3. The third-order valence-corrected chi connectivity index (χ3v) is 10.6.